The fourth-order valence-corrected chi connectivity index (χ4v) is 7.40. The molecule has 0 bridgehead atoms. The molecule has 2 unspecified atom stereocenters. The summed E-state index contributed by atoms with van der Waals surface area (Å²) in [5, 5.41) is 0.0166. The zero-order valence-corrected chi connectivity index (χ0v) is 18.9. The van der Waals surface area contributed by atoms with Gasteiger partial charge in [0.05, 0.1) is 17.2 Å². The first-order chi connectivity index (χ1) is 14.9. The number of fused-ring (bicyclic) bond motifs is 1. The molecule has 4 fully saturated rings. The molecule has 0 radical (unpaired) electrons. The Morgan fingerprint density at radius 2 is 1.75 bits per heavy atom. The molecule has 11 heteroatoms. The molecule has 5 nitrogen and oxygen atoms in total. The van der Waals surface area contributed by atoms with Crippen molar-refractivity contribution in [3.63, 3.8) is 0 Å². The summed E-state index contributed by atoms with van der Waals surface area (Å²) in [6.07, 6.45) is -0.0642. The molecule has 2 saturated carbocycles. The highest BCUT2D eigenvalue weighted by Gasteiger charge is 2.69. The summed E-state index contributed by atoms with van der Waals surface area (Å²) in [6.45, 7) is 0.939. The van der Waals surface area contributed by atoms with Crippen molar-refractivity contribution < 1.29 is 30.7 Å². The van der Waals surface area contributed by atoms with Gasteiger partial charge in [-0.05, 0) is 37.5 Å². The van der Waals surface area contributed by atoms with E-state index in [0.29, 0.717) is 18.7 Å². The van der Waals surface area contributed by atoms with Crippen LogP contribution in [0.15, 0.2) is 23.1 Å². The number of nitrogens with zero attached hydrogens (tertiary/aromatic N) is 2. The molecule has 1 aromatic rings. The standard InChI is InChI=1S/C21H25ClF4N2O3S/c22-17-11-14(27-8-3-15-16(12-27)21(15,25)26)1-2-18(17)32(29,30)28-9-10-31-19(13-28)4-6-20(23,24)7-5-19/h1-2,11,15-16H,3-10,12-13H2. The average molecular weight is 497 g/mol. The number of alkyl halides is 4. The van der Waals surface area contributed by atoms with Crippen LogP contribution in [0.1, 0.15) is 32.1 Å². The highest BCUT2D eigenvalue weighted by Crippen LogP contribution is 2.59. The molecule has 0 aromatic heterocycles. The van der Waals surface area contributed by atoms with Crippen molar-refractivity contribution in [2.24, 2.45) is 11.8 Å². The van der Waals surface area contributed by atoms with Crippen LogP contribution in [0.5, 0.6) is 0 Å². The van der Waals surface area contributed by atoms with Crippen LogP contribution in [-0.2, 0) is 14.8 Å². The van der Waals surface area contributed by atoms with Crippen molar-refractivity contribution in [2.45, 2.75) is 54.4 Å². The second kappa shape index (κ2) is 7.45. The van der Waals surface area contributed by atoms with Gasteiger partial charge in [0.25, 0.3) is 5.92 Å². The van der Waals surface area contributed by atoms with Crippen LogP contribution in [0.25, 0.3) is 0 Å². The fourth-order valence-electron chi connectivity index (χ4n) is 5.39. The number of halogens is 5. The van der Waals surface area contributed by atoms with Crippen LogP contribution in [0.3, 0.4) is 0 Å². The maximum atomic E-state index is 13.7. The van der Waals surface area contributed by atoms with E-state index in [9.17, 15) is 26.0 Å². The molecule has 0 amide bonds. The Hall–Kier alpha value is -1.10. The summed E-state index contributed by atoms with van der Waals surface area (Å²) in [5.74, 6) is -6.57. The largest absolute Gasteiger partial charge is 0.372 e. The first-order valence-corrected chi connectivity index (χ1v) is 12.7. The molecular formula is C21H25ClF4N2O3S. The van der Waals surface area contributed by atoms with Crippen molar-refractivity contribution in [2.75, 3.05) is 37.7 Å². The predicted octanol–water partition coefficient (Wildman–Crippen LogP) is 4.40. The van der Waals surface area contributed by atoms with Gasteiger partial charge in [0.2, 0.25) is 15.9 Å². The topological polar surface area (TPSA) is 49.9 Å². The molecule has 2 aliphatic heterocycles. The molecule has 1 spiro atoms. The first-order valence-electron chi connectivity index (χ1n) is 10.9. The van der Waals surface area contributed by atoms with E-state index < -0.39 is 39.3 Å². The minimum absolute atomic E-state index is 0.00771. The van der Waals surface area contributed by atoms with E-state index in [2.05, 4.69) is 0 Å². The zero-order valence-electron chi connectivity index (χ0n) is 17.4. The summed E-state index contributed by atoms with van der Waals surface area (Å²) in [5.41, 5.74) is -0.290. The Balaban J connectivity index is 1.33. The van der Waals surface area contributed by atoms with E-state index in [1.54, 1.807) is 6.07 Å². The Morgan fingerprint density at radius 3 is 2.41 bits per heavy atom. The second-order valence-electron chi connectivity index (χ2n) is 9.46. The molecule has 4 aliphatic rings. The Morgan fingerprint density at radius 1 is 1.03 bits per heavy atom. The number of rotatable bonds is 3. The van der Waals surface area contributed by atoms with Gasteiger partial charge in [-0.3, -0.25) is 0 Å². The summed E-state index contributed by atoms with van der Waals surface area (Å²) < 4.78 is 88.3. The molecule has 2 heterocycles. The molecule has 178 valence electrons. The number of anilines is 1. The van der Waals surface area contributed by atoms with Crippen LogP contribution in [0.4, 0.5) is 23.2 Å². The van der Waals surface area contributed by atoms with Gasteiger partial charge in [0.15, 0.2) is 0 Å². The minimum atomic E-state index is -3.97. The number of benzene rings is 1. The Kier molecular flexibility index (Phi) is 5.28. The smallest absolute Gasteiger partial charge is 0.256 e. The maximum absolute atomic E-state index is 13.7. The lowest BCUT2D eigenvalue weighted by Crippen LogP contribution is -2.55. The van der Waals surface area contributed by atoms with Crippen molar-refractivity contribution in [3.8, 4) is 0 Å². The third kappa shape index (κ3) is 3.80. The van der Waals surface area contributed by atoms with E-state index in [0.717, 1.165) is 0 Å². The monoisotopic (exact) mass is 496 g/mol. The van der Waals surface area contributed by atoms with E-state index in [-0.39, 0.29) is 61.8 Å². The molecule has 2 saturated heterocycles. The van der Waals surface area contributed by atoms with Gasteiger partial charge in [0.1, 0.15) is 4.90 Å². The normalized spacial score (nSPS) is 31.3. The summed E-state index contributed by atoms with van der Waals surface area (Å²) >= 11 is 6.36. The summed E-state index contributed by atoms with van der Waals surface area (Å²) in [6, 6.07) is 4.50. The predicted molar refractivity (Wildman–Crippen MR) is 111 cm³/mol. The van der Waals surface area contributed by atoms with Gasteiger partial charge >= 0.3 is 0 Å². The number of sulfonamides is 1. The number of morpholine rings is 1. The number of hydrogen-bond acceptors (Lipinski definition) is 4. The first kappa shape index (κ1) is 22.7. The number of ether oxygens (including phenoxy) is 1. The second-order valence-corrected chi connectivity index (χ2v) is 11.8. The lowest BCUT2D eigenvalue weighted by molar-refractivity contribution is -0.154. The quantitative estimate of drug-likeness (QED) is 0.582. The van der Waals surface area contributed by atoms with E-state index in [4.69, 9.17) is 16.3 Å². The van der Waals surface area contributed by atoms with Crippen LogP contribution < -0.4 is 4.90 Å². The molecule has 2 atom stereocenters. The minimum Gasteiger partial charge on any atom is -0.372 e. The Labute approximate surface area is 189 Å². The third-order valence-corrected chi connectivity index (χ3v) is 9.83. The molecular weight excluding hydrogens is 472 g/mol. The van der Waals surface area contributed by atoms with Gasteiger partial charge in [-0.15, -0.1) is 0 Å². The third-order valence-electron chi connectivity index (χ3n) is 7.50. The maximum Gasteiger partial charge on any atom is 0.256 e. The molecule has 5 rings (SSSR count). The highest BCUT2D eigenvalue weighted by molar-refractivity contribution is 7.89. The van der Waals surface area contributed by atoms with Crippen LogP contribution in [-0.4, -0.2) is 63.0 Å². The van der Waals surface area contributed by atoms with Crippen molar-refractivity contribution >= 4 is 27.3 Å². The number of hydrogen-bond donors (Lipinski definition) is 0. The average Bonchev–Trinajstić information content (AvgIpc) is 3.30. The van der Waals surface area contributed by atoms with Gasteiger partial charge in [-0.2, -0.15) is 4.31 Å². The molecule has 0 N–H and O–H groups in total. The molecule has 2 aliphatic carbocycles. The fraction of sp³-hybridized carbons (Fsp3) is 0.714. The molecule has 32 heavy (non-hydrogen) atoms. The van der Waals surface area contributed by atoms with E-state index >= 15 is 0 Å². The van der Waals surface area contributed by atoms with Gasteiger partial charge in [-0.1, -0.05) is 11.6 Å². The SMILES string of the molecule is O=S(=O)(c1ccc(N2CCC3C(C2)C3(F)F)cc1Cl)N1CCOC2(CCC(F)(F)CC2)C1. The van der Waals surface area contributed by atoms with E-state index in [1.807, 2.05) is 4.90 Å². The number of piperidine rings is 1. The van der Waals surface area contributed by atoms with Crippen LogP contribution >= 0.6 is 11.6 Å². The zero-order chi connectivity index (χ0) is 22.9. The van der Waals surface area contributed by atoms with Crippen molar-refractivity contribution in [3.05, 3.63) is 23.2 Å². The summed E-state index contributed by atoms with van der Waals surface area (Å²) in [4.78, 5) is 1.74. The van der Waals surface area contributed by atoms with Gasteiger partial charge in [0, 0.05) is 56.5 Å². The lowest BCUT2D eigenvalue weighted by Gasteiger charge is -2.45. The van der Waals surface area contributed by atoms with Crippen molar-refractivity contribution in [1.82, 2.24) is 4.31 Å². The van der Waals surface area contributed by atoms with E-state index in [1.165, 1.54) is 16.4 Å². The molecule has 1 aromatic carbocycles. The lowest BCUT2D eigenvalue weighted by atomic mass is 9.82. The highest BCUT2D eigenvalue weighted by atomic mass is 35.5. The van der Waals surface area contributed by atoms with Crippen LogP contribution in [0, 0.1) is 11.8 Å². The van der Waals surface area contributed by atoms with Gasteiger partial charge < -0.3 is 9.64 Å². The Bertz CT molecular complexity index is 1010. The van der Waals surface area contributed by atoms with Gasteiger partial charge in [-0.25, -0.2) is 26.0 Å². The van der Waals surface area contributed by atoms with Crippen molar-refractivity contribution in [1.29, 1.82) is 0 Å². The van der Waals surface area contributed by atoms with Crippen LogP contribution in [0.2, 0.25) is 5.02 Å². The summed E-state index contributed by atoms with van der Waals surface area (Å²) in [7, 11) is -3.97.